The van der Waals surface area contributed by atoms with Crippen LogP contribution in [0.5, 0.6) is 0 Å². The van der Waals surface area contributed by atoms with Gasteiger partial charge in [-0.1, -0.05) is 24.3 Å². The van der Waals surface area contributed by atoms with Crippen LogP contribution in [-0.2, 0) is 0 Å². The molecule has 122 valence electrons. The molecule has 3 aromatic rings. The Morgan fingerprint density at radius 2 is 2.04 bits per heavy atom. The van der Waals surface area contributed by atoms with Crippen LogP contribution in [0, 0.1) is 0 Å². The number of nitrogens with zero attached hydrogens (tertiary/aromatic N) is 2. The van der Waals surface area contributed by atoms with Crippen LogP contribution in [0.3, 0.4) is 0 Å². The van der Waals surface area contributed by atoms with Crippen molar-refractivity contribution in [2.75, 3.05) is 25.4 Å². The van der Waals surface area contributed by atoms with Crippen LogP contribution in [0.4, 0.5) is 0 Å². The lowest BCUT2D eigenvalue weighted by atomic mass is 10.00. The second-order valence-corrected chi connectivity index (χ2v) is 7.21. The van der Waals surface area contributed by atoms with Gasteiger partial charge >= 0.3 is 0 Å². The highest BCUT2D eigenvalue weighted by Gasteiger charge is 2.15. The van der Waals surface area contributed by atoms with Crippen LogP contribution in [0.25, 0.3) is 16.6 Å². The Bertz CT molecular complexity index is 838. The minimum absolute atomic E-state index is 0.982. The van der Waals surface area contributed by atoms with Crippen molar-refractivity contribution in [3.63, 3.8) is 0 Å². The molecule has 0 spiro atoms. The minimum Gasteiger partial charge on any atom is -0.346 e. The summed E-state index contributed by atoms with van der Waals surface area (Å²) in [6, 6.07) is 14.8. The van der Waals surface area contributed by atoms with E-state index >= 15 is 0 Å². The standard InChI is InChI=1S/C20H21N3S/c1-2-5-17(6-3-1)24-14-13-23-11-8-16(9-12-23)19-15-22-20-18(19)7-4-10-21-20/h1-8,10,15H,9,11-14H2,(H,21,22). The van der Waals surface area contributed by atoms with Gasteiger partial charge in [-0.2, -0.15) is 0 Å². The van der Waals surface area contributed by atoms with Crippen molar-refractivity contribution in [3.8, 4) is 0 Å². The van der Waals surface area contributed by atoms with E-state index in [-0.39, 0.29) is 0 Å². The topological polar surface area (TPSA) is 31.9 Å². The van der Waals surface area contributed by atoms with Gasteiger partial charge in [0.05, 0.1) is 0 Å². The fourth-order valence-electron chi connectivity index (χ4n) is 3.19. The molecule has 0 unspecified atom stereocenters. The third kappa shape index (κ3) is 3.40. The minimum atomic E-state index is 0.982. The van der Waals surface area contributed by atoms with E-state index in [4.69, 9.17) is 0 Å². The maximum atomic E-state index is 4.39. The highest BCUT2D eigenvalue weighted by atomic mass is 32.2. The fraction of sp³-hybridized carbons (Fsp3) is 0.250. The zero-order valence-corrected chi connectivity index (χ0v) is 14.4. The van der Waals surface area contributed by atoms with Crippen molar-refractivity contribution in [3.05, 3.63) is 66.5 Å². The predicted octanol–water partition coefficient (Wildman–Crippen LogP) is 4.44. The Morgan fingerprint density at radius 3 is 2.88 bits per heavy atom. The summed E-state index contributed by atoms with van der Waals surface area (Å²) in [5.74, 6) is 1.14. The van der Waals surface area contributed by atoms with Gasteiger partial charge in [0.1, 0.15) is 5.65 Å². The molecular weight excluding hydrogens is 314 g/mol. The number of aromatic nitrogens is 2. The molecule has 0 saturated heterocycles. The molecular formula is C20H21N3S. The number of aromatic amines is 1. The van der Waals surface area contributed by atoms with Gasteiger partial charge in [-0.3, -0.25) is 4.90 Å². The zero-order valence-electron chi connectivity index (χ0n) is 13.6. The van der Waals surface area contributed by atoms with Crippen LogP contribution in [0.15, 0.2) is 65.8 Å². The highest BCUT2D eigenvalue weighted by Crippen LogP contribution is 2.28. The molecule has 24 heavy (non-hydrogen) atoms. The number of thioether (sulfide) groups is 1. The van der Waals surface area contributed by atoms with E-state index in [2.05, 4.69) is 63.5 Å². The number of rotatable bonds is 5. The summed E-state index contributed by atoms with van der Waals surface area (Å²) in [7, 11) is 0. The Hall–Kier alpha value is -2.04. The van der Waals surface area contributed by atoms with Gasteiger partial charge < -0.3 is 4.98 Å². The first-order chi connectivity index (χ1) is 11.9. The summed E-state index contributed by atoms with van der Waals surface area (Å²) < 4.78 is 0. The fourth-order valence-corrected chi connectivity index (χ4v) is 4.12. The molecule has 4 rings (SSSR count). The molecule has 0 radical (unpaired) electrons. The normalized spacial score (nSPS) is 15.6. The van der Waals surface area contributed by atoms with Crippen LogP contribution in [0.1, 0.15) is 12.0 Å². The van der Waals surface area contributed by atoms with Gasteiger partial charge in [-0.05, 0) is 36.3 Å². The maximum absolute atomic E-state index is 4.39. The van der Waals surface area contributed by atoms with Crippen molar-refractivity contribution >= 4 is 28.4 Å². The molecule has 3 nitrogen and oxygen atoms in total. The first-order valence-electron chi connectivity index (χ1n) is 8.42. The van der Waals surface area contributed by atoms with E-state index in [0.717, 1.165) is 37.5 Å². The van der Waals surface area contributed by atoms with Crippen molar-refractivity contribution < 1.29 is 0 Å². The van der Waals surface area contributed by atoms with Gasteiger partial charge in [0, 0.05) is 53.6 Å². The lowest BCUT2D eigenvalue weighted by molar-refractivity contribution is 0.321. The quantitative estimate of drug-likeness (QED) is 0.699. The van der Waals surface area contributed by atoms with Gasteiger partial charge in [-0.25, -0.2) is 4.98 Å². The molecule has 0 bridgehead atoms. The average Bonchev–Trinajstić information content (AvgIpc) is 3.07. The summed E-state index contributed by atoms with van der Waals surface area (Å²) in [5.41, 5.74) is 3.74. The molecule has 1 aliphatic heterocycles. The third-order valence-electron chi connectivity index (χ3n) is 4.51. The number of hydrogen-bond donors (Lipinski definition) is 1. The maximum Gasteiger partial charge on any atom is 0.137 e. The molecule has 0 saturated carbocycles. The smallest absolute Gasteiger partial charge is 0.137 e. The number of H-pyrrole nitrogens is 1. The Kier molecular flexibility index (Phi) is 4.67. The van der Waals surface area contributed by atoms with Crippen LogP contribution < -0.4 is 0 Å². The molecule has 4 heteroatoms. The lowest BCUT2D eigenvalue weighted by Crippen LogP contribution is -2.30. The van der Waals surface area contributed by atoms with Crippen molar-refractivity contribution in [2.24, 2.45) is 0 Å². The number of fused-ring (bicyclic) bond motifs is 1. The predicted molar refractivity (Wildman–Crippen MR) is 102 cm³/mol. The second-order valence-electron chi connectivity index (χ2n) is 6.04. The molecule has 1 N–H and O–H groups in total. The van der Waals surface area contributed by atoms with E-state index in [1.807, 2.05) is 24.0 Å². The molecule has 1 aromatic carbocycles. The SMILES string of the molecule is C1=C(c2c[nH]c3ncccc23)CCN(CCSc2ccccc2)C1. The Morgan fingerprint density at radius 1 is 1.12 bits per heavy atom. The van der Waals surface area contributed by atoms with E-state index in [9.17, 15) is 0 Å². The largest absolute Gasteiger partial charge is 0.346 e. The van der Waals surface area contributed by atoms with Crippen LogP contribution in [-0.4, -0.2) is 40.3 Å². The highest BCUT2D eigenvalue weighted by molar-refractivity contribution is 7.99. The van der Waals surface area contributed by atoms with Crippen molar-refractivity contribution in [1.29, 1.82) is 0 Å². The van der Waals surface area contributed by atoms with Gasteiger partial charge in [0.25, 0.3) is 0 Å². The van der Waals surface area contributed by atoms with Crippen molar-refractivity contribution in [2.45, 2.75) is 11.3 Å². The number of nitrogens with one attached hydrogen (secondary N) is 1. The van der Waals surface area contributed by atoms with E-state index in [1.165, 1.54) is 21.4 Å². The monoisotopic (exact) mass is 335 g/mol. The summed E-state index contributed by atoms with van der Waals surface area (Å²) in [4.78, 5) is 11.6. The van der Waals surface area contributed by atoms with Gasteiger partial charge in [-0.15, -0.1) is 11.8 Å². The Balaban J connectivity index is 1.35. The first-order valence-corrected chi connectivity index (χ1v) is 9.40. The molecule has 1 aliphatic rings. The molecule has 0 amide bonds. The van der Waals surface area contributed by atoms with E-state index < -0.39 is 0 Å². The molecule has 2 aromatic heterocycles. The summed E-state index contributed by atoms with van der Waals surface area (Å²) in [5, 5.41) is 1.23. The molecule has 3 heterocycles. The first kappa shape index (κ1) is 15.5. The molecule has 0 aliphatic carbocycles. The van der Waals surface area contributed by atoms with Crippen molar-refractivity contribution in [1.82, 2.24) is 14.9 Å². The van der Waals surface area contributed by atoms with Crippen LogP contribution >= 0.6 is 11.8 Å². The summed E-state index contributed by atoms with van der Waals surface area (Å²) in [6.07, 6.45) is 7.43. The lowest BCUT2D eigenvalue weighted by Gasteiger charge is -2.26. The Labute approximate surface area is 146 Å². The van der Waals surface area contributed by atoms with Gasteiger partial charge in [0.15, 0.2) is 0 Å². The third-order valence-corrected chi connectivity index (χ3v) is 5.50. The summed E-state index contributed by atoms with van der Waals surface area (Å²) in [6.45, 7) is 3.31. The van der Waals surface area contributed by atoms with Crippen LogP contribution in [0.2, 0.25) is 0 Å². The van der Waals surface area contributed by atoms with Gasteiger partial charge in [0.2, 0.25) is 0 Å². The van der Waals surface area contributed by atoms with E-state index in [0.29, 0.717) is 0 Å². The summed E-state index contributed by atoms with van der Waals surface area (Å²) >= 11 is 1.94. The molecule has 0 atom stereocenters. The second kappa shape index (κ2) is 7.24. The molecule has 0 fully saturated rings. The number of pyridine rings is 1. The van der Waals surface area contributed by atoms with E-state index in [1.54, 1.807) is 0 Å². The number of benzene rings is 1. The average molecular weight is 335 g/mol. The number of hydrogen-bond acceptors (Lipinski definition) is 3. The zero-order chi connectivity index (χ0) is 16.2.